The summed E-state index contributed by atoms with van der Waals surface area (Å²) in [5, 5.41) is 23.3. The van der Waals surface area contributed by atoms with E-state index in [-0.39, 0.29) is 6.07 Å². The van der Waals surface area contributed by atoms with Gasteiger partial charge in [-0.15, -0.1) is 0 Å². The van der Waals surface area contributed by atoms with Crippen molar-refractivity contribution in [1.29, 1.82) is 0 Å². The average Bonchev–Trinajstić information content (AvgIpc) is 2.53. The second-order valence-electron chi connectivity index (χ2n) is 5.22. The highest BCUT2D eigenvalue weighted by molar-refractivity contribution is 6.33. The molecule has 0 aliphatic heterocycles. The number of nitrogens with zero attached hydrogens (tertiary/aromatic N) is 2. The van der Waals surface area contributed by atoms with Crippen LogP contribution < -0.4 is 5.32 Å². The summed E-state index contributed by atoms with van der Waals surface area (Å²) < 4.78 is 78.5. The highest BCUT2D eigenvalue weighted by Crippen LogP contribution is 2.45. The first-order valence-corrected chi connectivity index (χ1v) is 7.27. The molecule has 0 unspecified atom stereocenters. The van der Waals surface area contributed by atoms with E-state index in [4.69, 9.17) is 11.6 Å². The monoisotopic (exact) mass is 429 g/mol. The van der Waals surface area contributed by atoms with Crippen LogP contribution in [-0.4, -0.2) is 9.85 Å². The summed E-state index contributed by atoms with van der Waals surface area (Å²) in [6.07, 6.45) is -10.2. The molecule has 0 amide bonds. The lowest BCUT2D eigenvalue weighted by Gasteiger charge is -2.16. The van der Waals surface area contributed by atoms with Crippen LogP contribution in [0.4, 0.5) is 49.1 Å². The zero-order valence-electron chi connectivity index (χ0n) is 13.1. The summed E-state index contributed by atoms with van der Waals surface area (Å²) in [5.74, 6) is 0. The second-order valence-corrected chi connectivity index (χ2v) is 5.62. The maximum absolute atomic E-state index is 13.3. The van der Waals surface area contributed by atoms with Gasteiger partial charge in [0.2, 0.25) is 0 Å². The number of nitro benzene ring substituents is 2. The molecular weight excluding hydrogens is 424 g/mol. The van der Waals surface area contributed by atoms with Gasteiger partial charge in [-0.2, -0.15) is 26.3 Å². The van der Waals surface area contributed by atoms with Crippen molar-refractivity contribution in [2.75, 3.05) is 5.32 Å². The zero-order valence-corrected chi connectivity index (χ0v) is 13.8. The Balaban J connectivity index is 2.74. The van der Waals surface area contributed by atoms with Crippen LogP contribution in [0.1, 0.15) is 11.1 Å². The number of alkyl halides is 6. The van der Waals surface area contributed by atoms with Gasteiger partial charge in [0, 0.05) is 6.07 Å². The molecule has 0 atom stereocenters. The fourth-order valence-corrected chi connectivity index (χ4v) is 2.37. The molecule has 0 aliphatic carbocycles. The molecule has 14 heteroatoms. The van der Waals surface area contributed by atoms with Crippen molar-refractivity contribution in [3.63, 3.8) is 0 Å². The Labute approximate surface area is 155 Å². The summed E-state index contributed by atoms with van der Waals surface area (Å²) in [6, 6.07) is 2.08. The van der Waals surface area contributed by atoms with Gasteiger partial charge in [0.1, 0.15) is 0 Å². The van der Waals surface area contributed by atoms with Crippen LogP contribution in [0.3, 0.4) is 0 Å². The molecule has 150 valence electrons. The maximum Gasteiger partial charge on any atom is 0.425 e. The van der Waals surface area contributed by atoms with Gasteiger partial charge in [0.05, 0.1) is 37.9 Å². The molecule has 0 spiro atoms. The van der Waals surface area contributed by atoms with Gasteiger partial charge in [0.15, 0.2) is 5.56 Å². The average molecular weight is 430 g/mol. The van der Waals surface area contributed by atoms with E-state index < -0.39 is 61.1 Å². The quantitative estimate of drug-likeness (QED) is 0.368. The van der Waals surface area contributed by atoms with E-state index in [0.29, 0.717) is 18.2 Å². The fraction of sp³-hybridized carbons (Fsp3) is 0.143. The largest absolute Gasteiger partial charge is 0.425 e. The zero-order chi connectivity index (χ0) is 21.4. The Bertz CT molecular complexity index is 961. The lowest BCUT2D eigenvalue weighted by Crippen LogP contribution is -2.13. The normalized spacial score (nSPS) is 12.0. The molecule has 0 bridgehead atoms. The molecule has 7 nitrogen and oxygen atoms in total. The number of rotatable bonds is 4. The van der Waals surface area contributed by atoms with E-state index in [1.807, 2.05) is 5.32 Å². The SMILES string of the molecule is O=[N+]([O-])c1cc(Nc2cc(C(F)(F)F)ccc2Cl)c(C(F)(F)F)c([N+](=O)[O-])c1. The van der Waals surface area contributed by atoms with Crippen LogP contribution in [0.25, 0.3) is 0 Å². The number of halogens is 7. The predicted molar refractivity (Wildman–Crippen MR) is 84.5 cm³/mol. The van der Waals surface area contributed by atoms with Crippen LogP contribution in [0.15, 0.2) is 30.3 Å². The molecule has 0 saturated carbocycles. The molecule has 2 aromatic carbocycles. The van der Waals surface area contributed by atoms with Gasteiger partial charge < -0.3 is 5.32 Å². The van der Waals surface area contributed by atoms with Crippen molar-refractivity contribution in [3.8, 4) is 0 Å². The Morgan fingerprint density at radius 2 is 1.46 bits per heavy atom. The van der Waals surface area contributed by atoms with Gasteiger partial charge in [-0.1, -0.05) is 11.6 Å². The third kappa shape index (κ3) is 4.42. The van der Waals surface area contributed by atoms with Gasteiger partial charge in [-0.3, -0.25) is 20.2 Å². The van der Waals surface area contributed by atoms with E-state index in [0.717, 1.165) is 6.07 Å². The molecule has 0 heterocycles. The molecule has 2 rings (SSSR count). The lowest BCUT2D eigenvalue weighted by atomic mass is 10.1. The topological polar surface area (TPSA) is 98.3 Å². The third-order valence-corrected chi connectivity index (χ3v) is 3.69. The van der Waals surface area contributed by atoms with Crippen LogP contribution in [0, 0.1) is 20.2 Å². The van der Waals surface area contributed by atoms with Crippen molar-refractivity contribution in [3.05, 3.63) is 66.7 Å². The van der Waals surface area contributed by atoms with E-state index in [1.165, 1.54) is 0 Å². The Hall–Kier alpha value is -3.09. The molecule has 1 N–H and O–H groups in total. The molecule has 0 radical (unpaired) electrons. The van der Waals surface area contributed by atoms with Gasteiger partial charge in [-0.25, -0.2) is 0 Å². The smallest absolute Gasteiger partial charge is 0.353 e. The Kier molecular flexibility index (Phi) is 5.41. The molecule has 2 aromatic rings. The Morgan fingerprint density at radius 3 is 1.93 bits per heavy atom. The molecule has 0 aromatic heterocycles. The van der Waals surface area contributed by atoms with E-state index in [2.05, 4.69) is 0 Å². The number of nitro groups is 2. The second kappa shape index (κ2) is 7.14. The minimum atomic E-state index is -5.35. The summed E-state index contributed by atoms with van der Waals surface area (Å²) in [7, 11) is 0. The van der Waals surface area contributed by atoms with Crippen molar-refractivity contribution >= 4 is 34.4 Å². The van der Waals surface area contributed by atoms with Crippen LogP contribution >= 0.6 is 11.6 Å². The highest BCUT2D eigenvalue weighted by atomic mass is 35.5. The Morgan fingerprint density at radius 1 is 0.857 bits per heavy atom. The lowest BCUT2D eigenvalue weighted by molar-refractivity contribution is -0.395. The number of hydrogen-bond donors (Lipinski definition) is 1. The van der Waals surface area contributed by atoms with Crippen molar-refractivity contribution in [2.45, 2.75) is 12.4 Å². The van der Waals surface area contributed by atoms with Crippen molar-refractivity contribution in [2.24, 2.45) is 0 Å². The third-order valence-electron chi connectivity index (χ3n) is 3.36. The molecule has 0 saturated heterocycles. The maximum atomic E-state index is 13.3. The first-order valence-electron chi connectivity index (χ1n) is 6.89. The summed E-state index contributed by atoms with van der Waals surface area (Å²) in [5.41, 5.74) is -7.78. The van der Waals surface area contributed by atoms with Crippen LogP contribution in [0.2, 0.25) is 5.02 Å². The van der Waals surface area contributed by atoms with Crippen molar-refractivity contribution in [1.82, 2.24) is 0 Å². The van der Waals surface area contributed by atoms with E-state index >= 15 is 0 Å². The fourth-order valence-electron chi connectivity index (χ4n) is 2.20. The molecule has 0 aliphatic rings. The number of non-ortho nitro benzene ring substituents is 1. The van der Waals surface area contributed by atoms with Gasteiger partial charge >= 0.3 is 12.4 Å². The minimum absolute atomic E-state index is 0.0990. The first-order chi connectivity index (χ1) is 12.7. The number of nitrogens with one attached hydrogen (secondary N) is 1. The minimum Gasteiger partial charge on any atom is -0.353 e. The molecular formula is C14H6ClF6N3O4. The van der Waals surface area contributed by atoms with Gasteiger partial charge in [0.25, 0.3) is 11.4 Å². The summed E-state index contributed by atoms with van der Waals surface area (Å²) in [6.45, 7) is 0. The highest BCUT2D eigenvalue weighted by Gasteiger charge is 2.43. The van der Waals surface area contributed by atoms with Crippen LogP contribution in [0.5, 0.6) is 0 Å². The van der Waals surface area contributed by atoms with Crippen LogP contribution in [-0.2, 0) is 12.4 Å². The van der Waals surface area contributed by atoms with E-state index in [9.17, 15) is 46.6 Å². The molecule has 0 fully saturated rings. The predicted octanol–water partition coefficient (Wildman–Crippen LogP) is 5.94. The van der Waals surface area contributed by atoms with Crippen molar-refractivity contribution < 1.29 is 36.2 Å². The van der Waals surface area contributed by atoms with Gasteiger partial charge in [-0.05, 0) is 18.2 Å². The number of benzene rings is 2. The number of anilines is 2. The number of hydrogen-bond acceptors (Lipinski definition) is 5. The molecule has 28 heavy (non-hydrogen) atoms. The standard InChI is InChI=1S/C14H6ClF6N3O4/c15-8-2-1-6(13(16,17)18)3-9(8)22-10-4-7(23(25)26)5-11(24(27)28)12(10)14(19,20)21/h1-5,22H. The first kappa shape index (κ1) is 21.2. The summed E-state index contributed by atoms with van der Waals surface area (Å²) in [4.78, 5) is 19.2. The summed E-state index contributed by atoms with van der Waals surface area (Å²) >= 11 is 5.69. The van der Waals surface area contributed by atoms with E-state index in [1.54, 1.807) is 0 Å².